The van der Waals surface area contributed by atoms with Crippen LogP contribution >= 0.6 is 0 Å². The molecule has 2 aromatic rings. The molecule has 0 aliphatic heterocycles. The number of rotatable bonds is 9. The van der Waals surface area contributed by atoms with Crippen LogP contribution in [0.1, 0.15) is 0 Å². The van der Waals surface area contributed by atoms with E-state index < -0.39 is 6.10 Å². The van der Waals surface area contributed by atoms with E-state index in [9.17, 15) is 5.11 Å². The van der Waals surface area contributed by atoms with Gasteiger partial charge in [0.15, 0.2) is 0 Å². The van der Waals surface area contributed by atoms with Crippen molar-refractivity contribution >= 4 is 0 Å². The molecular weight excluding hydrogens is 266 g/mol. The monoisotopic (exact) mass is 287 g/mol. The van der Waals surface area contributed by atoms with Crippen LogP contribution in [0.3, 0.4) is 0 Å². The van der Waals surface area contributed by atoms with Crippen molar-refractivity contribution in [2.45, 2.75) is 6.10 Å². The fraction of sp³-hybridized carbons (Fsp3) is 0.294. The summed E-state index contributed by atoms with van der Waals surface area (Å²) in [5.41, 5.74) is 0. The molecule has 4 heteroatoms. The van der Waals surface area contributed by atoms with Gasteiger partial charge in [-0.2, -0.15) is 0 Å². The van der Waals surface area contributed by atoms with Gasteiger partial charge in [0, 0.05) is 13.1 Å². The Hall–Kier alpha value is -2.04. The number of benzene rings is 2. The minimum atomic E-state index is -0.540. The van der Waals surface area contributed by atoms with Gasteiger partial charge in [-0.1, -0.05) is 36.4 Å². The number of aliphatic hydroxyl groups excluding tert-OH is 1. The van der Waals surface area contributed by atoms with Crippen LogP contribution in [-0.2, 0) is 0 Å². The lowest BCUT2D eigenvalue weighted by Gasteiger charge is -2.13. The highest BCUT2D eigenvalue weighted by atomic mass is 16.5. The minimum Gasteiger partial charge on any atom is -0.492 e. The Bertz CT molecular complexity index is 490. The summed E-state index contributed by atoms with van der Waals surface area (Å²) in [5, 5.41) is 12.9. The number of hydrogen-bond acceptors (Lipinski definition) is 4. The molecule has 0 aliphatic rings. The molecule has 0 aromatic heterocycles. The number of ether oxygens (including phenoxy) is 2. The number of hydrogen-bond donors (Lipinski definition) is 2. The molecule has 0 aliphatic carbocycles. The third kappa shape index (κ3) is 6.29. The van der Waals surface area contributed by atoms with Gasteiger partial charge in [0.1, 0.15) is 30.8 Å². The van der Waals surface area contributed by atoms with E-state index in [-0.39, 0.29) is 6.61 Å². The summed E-state index contributed by atoms with van der Waals surface area (Å²) < 4.78 is 11.0. The average Bonchev–Trinajstić information content (AvgIpc) is 2.54. The van der Waals surface area contributed by atoms with Gasteiger partial charge < -0.3 is 19.9 Å². The molecule has 0 saturated heterocycles. The Morgan fingerprint density at radius 3 is 2.05 bits per heavy atom. The minimum absolute atomic E-state index is 0.274. The van der Waals surface area contributed by atoms with Crippen LogP contribution in [0.2, 0.25) is 0 Å². The lowest BCUT2D eigenvalue weighted by Crippen LogP contribution is -2.33. The van der Waals surface area contributed by atoms with Crippen molar-refractivity contribution in [3.63, 3.8) is 0 Å². The third-order valence-electron chi connectivity index (χ3n) is 2.86. The SMILES string of the molecule is OC(CNCCOc1ccccc1)COc1ccccc1. The highest BCUT2D eigenvalue weighted by molar-refractivity contribution is 5.21. The third-order valence-corrected chi connectivity index (χ3v) is 2.86. The Balaban J connectivity index is 1.52. The Kier molecular flexibility index (Phi) is 6.58. The molecule has 0 radical (unpaired) electrons. The summed E-state index contributed by atoms with van der Waals surface area (Å²) in [6, 6.07) is 19.1. The van der Waals surface area contributed by atoms with E-state index in [1.54, 1.807) is 0 Å². The van der Waals surface area contributed by atoms with Gasteiger partial charge in [0.05, 0.1) is 0 Å². The molecule has 2 aromatic carbocycles. The summed E-state index contributed by atoms with van der Waals surface area (Å²) in [7, 11) is 0. The summed E-state index contributed by atoms with van der Waals surface area (Å²) in [5.74, 6) is 1.62. The standard InChI is InChI=1S/C17H21NO3/c19-15(14-21-17-9-5-2-6-10-17)13-18-11-12-20-16-7-3-1-4-8-16/h1-10,15,18-19H,11-14H2. The number of para-hydroxylation sites is 2. The topological polar surface area (TPSA) is 50.7 Å². The normalized spacial score (nSPS) is 11.9. The largest absolute Gasteiger partial charge is 0.492 e. The summed E-state index contributed by atoms with van der Waals surface area (Å²) in [6.45, 7) is 2.00. The molecular formula is C17H21NO3. The molecule has 2 N–H and O–H groups in total. The van der Waals surface area contributed by atoms with E-state index in [0.717, 1.165) is 11.5 Å². The van der Waals surface area contributed by atoms with Gasteiger partial charge in [-0.05, 0) is 24.3 Å². The van der Waals surface area contributed by atoms with Crippen LogP contribution in [-0.4, -0.2) is 37.5 Å². The van der Waals surface area contributed by atoms with Crippen molar-refractivity contribution in [3.05, 3.63) is 60.7 Å². The fourth-order valence-electron chi connectivity index (χ4n) is 1.79. The molecule has 21 heavy (non-hydrogen) atoms. The van der Waals surface area contributed by atoms with Crippen LogP contribution in [0.25, 0.3) is 0 Å². The van der Waals surface area contributed by atoms with Crippen molar-refractivity contribution in [2.75, 3.05) is 26.3 Å². The van der Waals surface area contributed by atoms with Crippen LogP contribution in [0.15, 0.2) is 60.7 Å². The zero-order valence-corrected chi connectivity index (χ0v) is 11.9. The van der Waals surface area contributed by atoms with Crippen molar-refractivity contribution < 1.29 is 14.6 Å². The predicted octanol–water partition coefficient (Wildman–Crippen LogP) is 2.09. The van der Waals surface area contributed by atoms with Gasteiger partial charge in [-0.25, -0.2) is 0 Å². The first-order valence-electron chi connectivity index (χ1n) is 7.09. The van der Waals surface area contributed by atoms with Crippen LogP contribution in [0.5, 0.6) is 11.5 Å². The van der Waals surface area contributed by atoms with E-state index in [0.29, 0.717) is 19.7 Å². The number of aliphatic hydroxyl groups is 1. The number of nitrogens with one attached hydrogen (secondary N) is 1. The van der Waals surface area contributed by atoms with E-state index in [4.69, 9.17) is 9.47 Å². The summed E-state index contributed by atoms with van der Waals surface area (Å²) in [6.07, 6.45) is -0.540. The molecule has 0 heterocycles. The highest BCUT2D eigenvalue weighted by Gasteiger charge is 2.04. The highest BCUT2D eigenvalue weighted by Crippen LogP contribution is 2.08. The first kappa shape index (κ1) is 15.4. The quantitative estimate of drug-likeness (QED) is 0.693. The van der Waals surface area contributed by atoms with E-state index >= 15 is 0 Å². The maximum atomic E-state index is 9.80. The van der Waals surface area contributed by atoms with E-state index in [1.807, 2.05) is 60.7 Å². The molecule has 4 nitrogen and oxygen atoms in total. The van der Waals surface area contributed by atoms with E-state index in [1.165, 1.54) is 0 Å². The molecule has 0 fully saturated rings. The molecule has 0 bridgehead atoms. The average molecular weight is 287 g/mol. The first-order chi connectivity index (χ1) is 10.3. The van der Waals surface area contributed by atoms with E-state index in [2.05, 4.69) is 5.32 Å². The predicted molar refractivity (Wildman–Crippen MR) is 82.8 cm³/mol. The molecule has 1 unspecified atom stereocenters. The summed E-state index contributed by atoms with van der Waals surface area (Å²) in [4.78, 5) is 0. The maximum Gasteiger partial charge on any atom is 0.119 e. The second kappa shape index (κ2) is 9.00. The van der Waals surface area contributed by atoms with Gasteiger partial charge in [-0.15, -0.1) is 0 Å². The lowest BCUT2D eigenvalue weighted by molar-refractivity contribution is 0.105. The van der Waals surface area contributed by atoms with Gasteiger partial charge in [0.25, 0.3) is 0 Å². The molecule has 112 valence electrons. The fourth-order valence-corrected chi connectivity index (χ4v) is 1.79. The Labute approximate surface area is 125 Å². The van der Waals surface area contributed by atoms with Crippen LogP contribution < -0.4 is 14.8 Å². The zero-order chi connectivity index (χ0) is 14.8. The second-order valence-corrected chi connectivity index (χ2v) is 4.64. The maximum absolute atomic E-state index is 9.80. The first-order valence-corrected chi connectivity index (χ1v) is 7.09. The Morgan fingerprint density at radius 1 is 0.857 bits per heavy atom. The Morgan fingerprint density at radius 2 is 1.43 bits per heavy atom. The zero-order valence-electron chi connectivity index (χ0n) is 11.9. The van der Waals surface area contributed by atoms with Crippen molar-refractivity contribution in [2.24, 2.45) is 0 Å². The van der Waals surface area contributed by atoms with Crippen molar-refractivity contribution in [1.29, 1.82) is 0 Å². The van der Waals surface area contributed by atoms with Gasteiger partial charge >= 0.3 is 0 Å². The van der Waals surface area contributed by atoms with Crippen LogP contribution in [0, 0.1) is 0 Å². The molecule has 0 spiro atoms. The lowest BCUT2D eigenvalue weighted by atomic mass is 10.3. The molecule has 2 rings (SSSR count). The smallest absolute Gasteiger partial charge is 0.119 e. The van der Waals surface area contributed by atoms with Gasteiger partial charge in [-0.3, -0.25) is 0 Å². The van der Waals surface area contributed by atoms with Crippen molar-refractivity contribution in [3.8, 4) is 11.5 Å². The van der Waals surface area contributed by atoms with Crippen molar-refractivity contribution in [1.82, 2.24) is 5.32 Å². The van der Waals surface area contributed by atoms with Gasteiger partial charge in [0.2, 0.25) is 0 Å². The molecule has 1 atom stereocenters. The van der Waals surface area contributed by atoms with Crippen LogP contribution in [0.4, 0.5) is 0 Å². The second-order valence-electron chi connectivity index (χ2n) is 4.64. The molecule has 0 saturated carbocycles. The molecule has 0 amide bonds. The summed E-state index contributed by atoms with van der Waals surface area (Å²) >= 11 is 0.